The molecule has 2 aliphatic rings. The lowest BCUT2D eigenvalue weighted by Gasteiger charge is -2.34. The first-order valence-corrected chi connectivity index (χ1v) is 12.1. The van der Waals surface area contributed by atoms with Crippen molar-refractivity contribution >= 4 is 34.5 Å². The van der Waals surface area contributed by atoms with Gasteiger partial charge in [0.05, 0.1) is 10.8 Å². The minimum Gasteiger partial charge on any atom is -0.350 e. The Morgan fingerprint density at radius 2 is 1.84 bits per heavy atom. The monoisotopic (exact) mass is 451 g/mol. The quantitative estimate of drug-likeness (QED) is 0.633. The predicted octanol–water partition coefficient (Wildman–Crippen LogP) is 4.55. The molecule has 1 atom stereocenters. The largest absolute Gasteiger partial charge is 0.350 e. The molecule has 166 valence electrons. The number of rotatable bonds is 4. The molecule has 5 nitrogen and oxygen atoms in total. The maximum Gasteiger partial charge on any atom is 0.247 e. The van der Waals surface area contributed by atoms with Gasteiger partial charge in [0.1, 0.15) is 11.9 Å². The molecule has 1 saturated carbocycles. The van der Waals surface area contributed by atoms with Crippen molar-refractivity contribution in [2.75, 3.05) is 5.75 Å². The van der Waals surface area contributed by atoms with Crippen LogP contribution in [0.3, 0.4) is 0 Å². The highest BCUT2D eigenvalue weighted by Crippen LogP contribution is 2.44. The Hall–Kier alpha value is -2.80. The van der Waals surface area contributed by atoms with Crippen molar-refractivity contribution in [3.63, 3.8) is 0 Å². The Morgan fingerprint density at radius 1 is 1.12 bits per heavy atom. The molecule has 0 saturated heterocycles. The first kappa shape index (κ1) is 21.1. The van der Waals surface area contributed by atoms with Gasteiger partial charge in [-0.05, 0) is 36.6 Å². The molecule has 0 spiro atoms. The van der Waals surface area contributed by atoms with Crippen molar-refractivity contribution in [1.29, 1.82) is 0 Å². The summed E-state index contributed by atoms with van der Waals surface area (Å²) in [6.07, 6.45) is 4.01. The SMILES string of the molecule is Cn1c2c(c3ccccc31)C(C(=O)NCc1ccc(F)cc1)N(C1CCCC1)C(=O)CS2. The summed E-state index contributed by atoms with van der Waals surface area (Å²) in [5, 5.41) is 5.02. The number of amides is 2. The summed E-state index contributed by atoms with van der Waals surface area (Å²) in [7, 11) is 2.00. The summed E-state index contributed by atoms with van der Waals surface area (Å²) in [4.78, 5) is 28.9. The Morgan fingerprint density at radius 3 is 2.59 bits per heavy atom. The van der Waals surface area contributed by atoms with E-state index in [1.54, 1.807) is 12.1 Å². The number of carbonyl (C=O) groups is 2. The van der Waals surface area contributed by atoms with Crippen LogP contribution < -0.4 is 5.32 Å². The molecule has 1 aliphatic heterocycles. The van der Waals surface area contributed by atoms with Crippen molar-refractivity contribution < 1.29 is 14.0 Å². The van der Waals surface area contributed by atoms with E-state index in [0.29, 0.717) is 5.75 Å². The maximum absolute atomic E-state index is 13.7. The predicted molar refractivity (Wildman–Crippen MR) is 124 cm³/mol. The molecule has 3 aromatic rings. The number of nitrogens with one attached hydrogen (secondary N) is 1. The average molecular weight is 452 g/mol. The smallest absolute Gasteiger partial charge is 0.247 e. The van der Waals surface area contributed by atoms with Gasteiger partial charge in [-0.2, -0.15) is 0 Å². The topological polar surface area (TPSA) is 54.3 Å². The average Bonchev–Trinajstić information content (AvgIpc) is 3.38. The molecule has 2 heterocycles. The lowest BCUT2D eigenvalue weighted by molar-refractivity contribution is -0.141. The highest BCUT2D eigenvalue weighted by Gasteiger charge is 2.42. The van der Waals surface area contributed by atoms with E-state index in [4.69, 9.17) is 0 Å². The number of fused-ring (bicyclic) bond motifs is 3. The van der Waals surface area contributed by atoms with Gasteiger partial charge < -0.3 is 14.8 Å². The molecule has 0 bridgehead atoms. The molecule has 2 aromatic carbocycles. The lowest BCUT2D eigenvalue weighted by atomic mass is 10.00. The van der Waals surface area contributed by atoms with Crippen LogP contribution in [0.1, 0.15) is 42.9 Å². The molecular formula is C25H26FN3O2S. The van der Waals surface area contributed by atoms with Crippen molar-refractivity contribution in [1.82, 2.24) is 14.8 Å². The van der Waals surface area contributed by atoms with Crippen molar-refractivity contribution in [3.05, 3.63) is 65.5 Å². The van der Waals surface area contributed by atoms with Gasteiger partial charge in [0.2, 0.25) is 11.8 Å². The molecule has 5 rings (SSSR count). The third kappa shape index (κ3) is 3.68. The van der Waals surface area contributed by atoms with Crippen LogP contribution in [0.15, 0.2) is 53.6 Å². The summed E-state index contributed by atoms with van der Waals surface area (Å²) in [6, 6.07) is 13.6. The van der Waals surface area contributed by atoms with Gasteiger partial charge in [-0.25, -0.2) is 4.39 Å². The third-order valence-corrected chi connectivity index (χ3v) is 7.77. The number of aryl methyl sites for hydroxylation is 1. The van der Waals surface area contributed by atoms with E-state index in [0.717, 1.165) is 52.7 Å². The molecule has 1 N–H and O–H groups in total. The third-order valence-electron chi connectivity index (χ3n) is 6.61. The van der Waals surface area contributed by atoms with E-state index in [1.807, 2.05) is 30.1 Å². The summed E-state index contributed by atoms with van der Waals surface area (Å²) >= 11 is 1.52. The normalized spacial score (nSPS) is 19.2. The molecule has 0 radical (unpaired) electrons. The van der Waals surface area contributed by atoms with Crippen LogP contribution in [0, 0.1) is 5.82 Å². The lowest BCUT2D eigenvalue weighted by Crippen LogP contribution is -2.48. The molecule has 7 heteroatoms. The molecule has 1 unspecified atom stereocenters. The van der Waals surface area contributed by atoms with Gasteiger partial charge in [0, 0.05) is 36.1 Å². The van der Waals surface area contributed by atoms with Gasteiger partial charge >= 0.3 is 0 Å². The zero-order valence-electron chi connectivity index (χ0n) is 18.0. The van der Waals surface area contributed by atoms with E-state index in [9.17, 15) is 14.0 Å². The van der Waals surface area contributed by atoms with E-state index >= 15 is 0 Å². The highest BCUT2D eigenvalue weighted by atomic mass is 32.2. The van der Waals surface area contributed by atoms with Crippen molar-refractivity contribution in [2.45, 2.75) is 49.3 Å². The Bertz CT molecular complexity index is 1170. The fourth-order valence-electron chi connectivity index (χ4n) is 5.07. The summed E-state index contributed by atoms with van der Waals surface area (Å²) in [5.74, 6) is -0.145. The number of benzene rings is 2. The minimum atomic E-state index is -0.679. The number of nitrogens with zero attached hydrogens (tertiary/aromatic N) is 2. The number of para-hydroxylation sites is 1. The van der Waals surface area contributed by atoms with Crippen LogP contribution in [0.5, 0.6) is 0 Å². The standard InChI is InChI=1S/C25H26FN3O2S/c1-28-20-9-5-4-8-19(20)22-23(24(31)27-14-16-10-12-17(26)13-11-16)29(18-6-2-3-7-18)21(30)15-32-25(22)28/h4-5,8-13,18,23H,2-3,6-7,14-15H2,1H3,(H,27,31). The Balaban J connectivity index is 1.57. The fraction of sp³-hybridized carbons (Fsp3) is 0.360. The van der Waals surface area contributed by atoms with Gasteiger partial charge in [-0.15, -0.1) is 0 Å². The van der Waals surface area contributed by atoms with Crippen LogP contribution in [-0.2, 0) is 23.2 Å². The number of thioether (sulfide) groups is 1. The fourth-order valence-corrected chi connectivity index (χ4v) is 6.15. The Labute approximate surface area is 191 Å². The molecule has 2 amide bonds. The first-order valence-electron chi connectivity index (χ1n) is 11.1. The number of hydrogen-bond acceptors (Lipinski definition) is 3. The van der Waals surface area contributed by atoms with Crippen LogP contribution in [-0.4, -0.2) is 33.1 Å². The van der Waals surface area contributed by atoms with Crippen LogP contribution in [0.2, 0.25) is 0 Å². The van der Waals surface area contributed by atoms with Crippen molar-refractivity contribution in [2.24, 2.45) is 7.05 Å². The molecule has 1 fully saturated rings. The van der Waals surface area contributed by atoms with E-state index in [-0.39, 0.29) is 30.2 Å². The van der Waals surface area contributed by atoms with E-state index in [1.165, 1.54) is 23.9 Å². The van der Waals surface area contributed by atoms with Gasteiger partial charge in [0.15, 0.2) is 0 Å². The second-order valence-electron chi connectivity index (χ2n) is 8.57. The zero-order chi connectivity index (χ0) is 22.2. The molecule has 1 aliphatic carbocycles. The summed E-state index contributed by atoms with van der Waals surface area (Å²) in [5.41, 5.74) is 2.80. The number of halogens is 1. The molecule has 1 aromatic heterocycles. The first-order chi connectivity index (χ1) is 15.5. The summed E-state index contributed by atoms with van der Waals surface area (Å²) in [6.45, 7) is 0.287. The second-order valence-corrected chi connectivity index (χ2v) is 9.53. The van der Waals surface area contributed by atoms with Crippen LogP contribution in [0.25, 0.3) is 10.9 Å². The van der Waals surface area contributed by atoms with Crippen molar-refractivity contribution in [3.8, 4) is 0 Å². The number of aromatic nitrogens is 1. The van der Waals surface area contributed by atoms with E-state index < -0.39 is 6.04 Å². The van der Waals surface area contributed by atoms with Gasteiger partial charge in [-0.3, -0.25) is 9.59 Å². The number of carbonyl (C=O) groups excluding carboxylic acids is 2. The maximum atomic E-state index is 13.7. The van der Waals surface area contributed by atoms with Crippen LogP contribution >= 0.6 is 11.8 Å². The number of hydrogen-bond donors (Lipinski definition) is 1. The molecule has 32 heavy (non-hydrogen) atoms. The zero-order valence-corrected chi connectivity index (χ0v) is 18.8. The minimum absolute atomic E-state index is 0.0177. The van der Waals surface area contributed by atoms with E-state index in [2.05, 4.69) is 16.0 Å². The van der Waals surface area contributed by atoms with Crippen LogP contribution in [0.4, 0.5) is 4.39 Å². The summed E-state index contributed by atoms with van der Waals surface area (Å²) < 4.78 is 15.4. The Kier molecular flexibility index (Phi) is 5.67. The second kappa shape index (κ2) is 8.62. The van der Waals surface area contributed by atoms with Gasteiger partial charge in [0.25, 0.3) is 0 Å². The van der Waals surface area contributed by atoms with Gasteiger partial charge in [-0.1, -0.05) is 54.9 Å². The molecular weight excluding hydrogens is 425 g/mol. The highest BCUT2D eigenvalue weighted by molar-refractivity contribution is 8.00.